The Bertz CT molecular complexity index is 1230. The number of carbonyl (C=O) groups is 2. The molecule has 0 saturated carbocycles. The van der Waals surface area contributed by atoms with Crippen LogP contribution >= 0.6 is 36.4 Å². The Morgan fingerprint density at radius 1 is 1.05 bits per heavy atom. The molecule has 2 aromatic carbocycles. The molecule has 41 heavy (non-hydrogen) atoms. The first-order valence-electron chi connectivity index (χ1n) is 13.4. The fourth-order valence-corrected chi connectivity index (χ4v) is 5.42. The van der Waals surface area contributed by atoms with E-state index in [1.807, 2.05) is 31.3 Å². The van der Waals surface area contributed by atoms with Crippen molar-refractivity contribution in [3.8, 4) is 0 Å². The molecule has 7 nitrogen and oxygen atoms in total. The zero-order valence-electron chi connectivity index (χ0n) is 23.5. The molecule has 4 rings (SSSR count). The standard InChI is InChI=1S/C30H36ClFN4O3.2ClH/c1-4-34(29(37)27-25(31)8-5-9-26(27)32)20-23-12-10-22(11-13-23)19-33-15-17-35(18-16-33)28-24(30(38)39)7-6-14-36(28)21(2)3;;/h5-14,21,28H,4,15-20H2,1-3H3,(H,38,39);2*1H. The van der Waals surface area contributed by atoms with Crippen molar-refractivity contribution in [1.29, 1.82) is 0 Å². The number of amides is 1. The quantitative estimate of drug-likeness (QED) is 0.386. The van der Waals surface area contributed by atoms with Crippen LogP contribution in [0.15, 0.2) is 66.4 Å². The molecular weight excluding hydrogens is 590 g/mol. The number of benzene rings is 2. The van der Waals surface area contributed by atoms with E-state index in [9.17, 15) is 19.1 Å². The molecule has 2 aliphatic rings. The Balaban J connectivity index is 0.00000294. The molecule has 0 bridgehead atoms. The lowest BCUT2D eigenvalue weighted by atomic mass is 10.0. The number of carbonyl (C=O) groups excluding carboxylic acids is 1. The summed E-state index contributed by atoms with van der Waals surface area (Å²) in [6.07, 6.45) is 5.23. The van der Waals surface area contributed by atoms with Crippen LogP contribution in [0.3, 0.4) is 0 Å². The Morgan fingerprint density at radius 3 is 2.24 bits per heavy atom. The number of halogens is 4. The summed E-state index contributed by atoms with van der Waals surface area (Å²) < 4.78 is 14.3. The number of carboxylic acid groups (broad SMARTS) is 1. The van der Waals surface area contributed by atoms with Crippen molar-refractivity contribution in [2.45, 2.75) is 46.1 Å². The molecule has 224 valence electrons. The lowest BCUT2D eigenvalue weighted by Crippen LogP contribution is -2.57. The molecular formula is C30H38Cl3FN4O3. The van der Waals surface area contributed by atoms with Crippen LogP contribution in [0.5, 0.6) is 0 Å². The monoisotopic (exact) mass is 626 g/mol. The second-order valence-electron chi connectivity index (χ2n) is 10.2. The molecule has 0 aliphatic carbocycles. The minimum atomic E-state index is -0.877. The normalized spacial score (nSPS) is 17.5. The smallest absolute Gasteiger partial charge is 0.335 e. The average molecular weight is 628 g/mol. The number of hydrogen-bond donors (Lipinski definition) is 1. The van der Waals surface area contributed by atoms with Gasteiger partial charge in [-0.2, -0.15) is 0 Å². The van der Waals surface area contributed by atoms with Crippen LogP contribution in [0.4, 0.5) is 4.39 Å². The third-order valence-electron chi connectivity index (χ3n) is 7.34. The molecule has 2 aromatic rings. The predicted molar refractivity (Wildman–Crippen MR) is 165 cm³/mol. The molecule has 0 aromatic heterocycles. The first kappa shape index (κ1) is 34.6. The largest absolute Gasteiger partial charge is 0.478 e. The number of rotatable bonds is 9. The second kappa shape index (κ2) is 15.6. The topological polar surface area (TPSA) is 67.3 Å². The van der Waals surface area contributed by atoms with Crippen LogP contribution in [0, 0.1) is 5.82 Å². The molecule has 0 spiro atoms. The number of carboxylic acids is 1. The highest BCUT2D eigenvalue weighted by atomic mass is 35.5. The van der Waals surface area contributed by atoms with Crippen LogP contribution < -0.4 is 0 Å². The zero-order chi connectivity index (χ0) is 28.1. The summed E-state index contributed by atoms with van der Waals surface area (Å²) in [4.78, 5) is 33.2. The van der Waals surface area contributed by atoms with Gasteiger partial charge in [-0.05, 0) is 56.2 Å². The van der Waals surface area contributed by atoms with Gasteiger partial charge in [-0.1, -0.05) is 41.9 Å². The minimum absolute atomic E-state index is 0. The SMILES string of the molecule is CCN(Cc1ccc(CN2CCN(C3C(C(=O)O)=CC=CN3C(C)C)CC2)cc1)C(=O)c1c(F)cccc1Cl.Cl.Cl. The number of piperazine rings is 1. The van der Waals surface area contributed by atoms with Gasteiger partial charge in [-0.25, -0.2) is 9.18 Å². The van der Waals surface area contributed by atoms with Crippen LogP contribution in [0.2, 0.25) is 5.02 Å². The van der Waals surface area contributed by atoms with Gasteiger partial charge in [0.15, 0.2) is 0 Å². The van der Waals surface area contributed by atoms with Crippen LogP contribution in [-0.2, 0) is 17.9 Å². The summed E-state index contributed by atoms with van der Waals surface area (Å²) in [6, 6.07) is 12.6. The minimum Gasteiger partial charge on any atom is -0.478 e. The lowest BCUT2D eigenvalue weighted by Gasteiger charge is -2.46. The molecule has 2 aliphatic heterocycles. The molecule has 1 amide bonds. The van der Waals surface area contributed by atoms with Crippen molar-refractivity contribution in [1.82, 2.24) is 19.6 Å². The van der Waals surface area contributed by atoms with E-state index in [-0.39, 0.29) is 47.6 Å². The second-order valence-corrected chi connectivity index (χ2v) is 10.6. The van der Waals surface area contributed by atoms with Crippen molar-refractivity contribution < 1.29 is 19.1 Å². The Kier molecular flexibility index (Phi) is 13.1. The molecule has 0 radical (unpaired) electrons. The van der Waals surface area contributed by atoms with E-state index in [0.29, 0.717) is 18.7 Å². The van der Waals surface area contributed by atoms with Gasteiger partial charge in [0.05, 0.1) is 16.2 Å². The fourth-order valence-electron chi connectivity index (χ4n) is 5.18. The van der Waals surface area contributed by atoms with E-state index < -0.39 is 17.7 Å². The molecule has 1 atom stereocenters. The fraction of sp³-hybridized carbons (Fsp3) is 0.400. The highest BCUT2D eigenvalue weighted by Crippen LogP contribution is 2.25. The number of aliphatic carboxylic acids is 1. The Morgan fingerprint density at radius 2 is 1.68 bits per heavy atom. The number of hydrogen-bond acceptors (Lipinski definition) is 5. The third-order valence-corrected chi connectivity index (χ3v) is 7.65. The summed E-state index contributed by atoms with van der Waals surface area (Å²) in [5.41, 5.74) is 2.43. The van der Waals surface area contributed by atoms with Gasteiger partial charge in [0, 0.05) is 58.1 Å². The highest BCUT2D eigenvalue weighted by molar-refractivity contribution is 6.33. The van der Waals surface area contributed by atoms with Gasteiger partial charge >= 0.3 is 5.97 Å². The number of allylic oxidation sites excluding steroid dienone is 2. The maximum Gasteiger partial charge on any atom is 0.335 e. The first-order chi connectivity index (χ1) is 18.7. The van der Waals surface area contributed by atoms with Crippen LogP contribution in [0.1, 0.15) is 42.3 Å². The molecule has 1 fully saturated rings. The maximum atomic E-state index is 14.3. The van der Waals surface area contributed by atoms with Crippen molar-refractivity contribution in [2.75, 3.05) is 32.7 Å². The van der Waals surface area contributed by atoms with E-state index in [0.717, 1.165) is 43.9 Å². The summed E-state index contributed by atoms with van der Waals surface area (Å²) >= 11 is 6.11. The van der Waals surface area contributed by atoms with Crippen molar-refractivity contribution in [3.63, 3.8) is 0 Å². The van der Waals surface area contributed by atoms with E-state index in [2.05, 4.69) is 40.7 Å². The van der Waals surface area contributed by atoms with Gasteiger partial charge in [-0.3, -0.25) is 14.6 Å². The summed E-state index contributed by atoms with van der Waals surface area (Å²) in [6.45, 7) is 10.8. The predicted octanol–water partition coefficient (Wildman–Crippen LogP) is 5.68. The summed E-state index contributed by atoms with van der Waals surface area (Å²) in [7, 11) is 0. The van der Waals surface area contributed by atoms with Crippen molar-refractivity contribution in [2.24, 2.45) is 0 Å². The van der Waals surface area contributed by atoms with Crippen LogP contribution in [0.25, 0.3) is 0 Å². The molecule has 1 unspecified atom stereocenters. The van der Waals surface area contributed by atoms with E-state index >= 15 is 0 Å². The summed E-state index contributed by atoms with van der Waals surface area (Å²) in [5.74, 6) is -1.92. The average Bonchev–Trinajstić information content (AvgIpc) is 2.92. The zero-order valence-corrected chi connectivity index (χ0v) is 25.9. The van der Waals surface area contributed by atoms with E-state index in [4.69, 9.17) is 11.6 Å². The van der Waals surface area contributed by atoms with Gasteiger partial charge in [0.1, 0.15) is 12.0 Å². The van der Waals surface area contributed by atoms with Gasteiger partial charge < -0.3 is 14.9 Å². The van der Waals surface area contributed by atoms with E-state index in [1.165, 1.54) is 18.2 Å². The Hall–Kier alpha value is -2.62. The maximum absolute atomic E-state index is 14.3. The Labute approximate surface area is 259 Å². The van der Waals surface area contributed by atoms with E-state index in [1.54, 1.807) is 11.0 Å². The highest BCUT2D eigenvalue weighted by Gasteiger charge is 2.35. The molecule has 11 heteroatoms. The van der Waals surface area contributed by atoms with Gasteiger partial charge in [-0.15, -0.1) is 24.8 Å². The molecule has 1 saturated heterocycles. The van der Waals surface area contributed by atoms with Gasteiger partial charge in [0.2, 0.25) is 0 Å². The van der Waals surface area contributed by atoms with Crippen molar-refractivity contribution in [3.05, 3.63) is 93.9 Å². The first-order valence-corrected chi connectivity index (χ1v) is 13.7. The van der Waals surface area contributed by atoms with Crippen LogP contribution in [-0.4, -0.2) is 81.5 Å². The lowest BCUT2D eigenvalue weighted by molar-refractivity contribution is -0.134. The van der Waals surface area contributed by atoms with Gasteiger partial charge in [0.25, 0.3) is 5.91 Å². The third kappa shape index (κ3) is 8.23. The molecule has 1 N–H and O–H groups in total. The number of nitrogens with zero attached hydrogens (tertiary/aromatic N) is 4. The summed E-state index contributed by atoms with van der Waals surface area (Å²) in [5, 5.41) is 9.89. The molecule has 2 heterocycles. The van der Waals surface area contributed by atoms with Crippen molar-refractivity contribution >= 4 is 48.3 Å².